The molecule has 1 unspecified atom stereocenters. The van der Waals surface area contributed by atoms with Crippen molar-refractivity contribution in [2.75, 3.05) is 11.1 Å². The Balaban J connectivity index is 1.92. The third-order valence-electron chi connectivity index (χ3n) is 4.84. The van der Waals surface area contributed by atoms with Gasteiger partial charge in [-0.1, -0.05) is 35.9 Å². The first kappa shape index (κ1) is 20.4. The summed E-state index contributed by atoms with van der Waals surface area (Å²) in [5.74, 6) is -0.00363. The molecule has 2 aromatic carbocycles. The zero-order valence-corrected chi connectivity index (χ0v) is 17.3. The maximum atomic E-state index is 13.5. The SMILES string of the molecule is CC(Nc1cc(N)ncc1C(N)=O)c1nc2cccc(Cl)c2c(=O)n1-c1ccccc1. The van der Waals surface area contributed by atoms with E-state index in [2.05, 4.69) is 10.3 Å². The number of rotatable bonds is 5. The van der Waals surface area contributed by atoms with Crippen molar-refractivity contribution in [3.63, 3.8) is 0 Å². The van der Waals surface area contributed by atoms with Gasteiger partial charge in [-0.25, -0.2) is 9.97 Å². The zero-order chi connectivity index (χ0) is 22.1. The molecular weight excluding hydrogens is 416 g/mol. The van der Waals surface area contributed by atoms with Crippen LogP contribution in [-0.4, -0.2) is 20.4 Å². The number of hydrogen-bond donors (Lipinski definition) is 3. The maximum absolute atomic E-state index is 13.5. The van der Waals surface area contributed by atoms with Crippen LogP contribution in [0.1, 0.15) is 29.1 Å². The average molecular weight is 435 g/mol. The molecule has 0 saturated carbocycles. The fourth-order valence-electron chi connectivity index (χ4n) is 3.41. The van der Waals surface area contributed by atoms with Gasteiger partial charge in [-0.05, 0) is 31.2 Å². The fraction of sp³-hybridized carbons (Fsp3) is 0.0909. The second-order valence-electron chi connectivity index (χ2n) is 6.97. The van der Waals surface area contributed by atoms with Crippen LogP contribution in [0.4, 0.5) is 11.5 Å². The van der Waals surface area contributed by atoms with Gasteiger partial charge in [0.1, 0.15) is 11.6 Å². The quantitative estimate of drug-likeness (QED) is 0.442. The number of nitrogen functional groups attached to an aromatic ring is 1. The summed E-state index contributed by atoms with van der Waals surface area (Å²) in [7, 11) is 0. The minimum Gasteiger partial charge on any atom is -0.384 e. The average Bonchev–Trinajstić information content (AvgIpc) is 2.74. The van der Waals surface area contributed by atoms with Gasteiger partial charge < -0.3 is 16.8 Å². The Kier molecular flexibility index (Phi) is 5.31. The minimum absolute atomic E-state index is 0.179. The Morgan fingerprint density at radius 3 is 2.61 bits per heavy atom. The molecule has 0 aliphatic carbocycles. The third-order valence-corrected chi connectivity index (χ3v) is 5.15. The first-order valence-electron chi connectivity index (χ1n) is 9.45. The van der Waals surface area contributed by atoms with Crippen molar-refractivity contribution < 1.29 is 4.79 Å². The molecule has 0 fully saturated rings. The number of pyridine rings is 1. The molecule has 1 amide bonds. The smallest absolute Gasteiger partial charge is 0.267 e. The normalized spacial score (nSPS) is 11.9. The van der Waals surface area contributed by atoms with Gasteiger partial charge in [0, 0.05) is 12.3 Å². The highest BCUT2D eigenvalue weighted by Gasteiger charge is 2.21. The number of hydrogen-bond acceptors (Lipinski definition) is 6. The molecule has 2 aromatic heterocycles. The second-order valence-corrected chi connectivity index (χ2v) is 7.37. The lowest BCUT2D eigenvalue weighted by molar-refractivity contribution is 0.100. The van der Waals surface area contributed by atoms with Crippen molar-refractivity contribution in [2.45, 2.75) is 13.0 Å². The lowest BCUT2D eigenvalue weighted by Crippen LogP contribution is -2.28. The molecule has 0 aliphatic rings. The molecule has 31 heavy (non-hydrogen) atoms. The Morgan fingerprint density at radius 2 is 1.90 bits per heavy atom. The highest BCUT2D eigenvalue weighted by atomic mass is 35.5. The van der Waals surface area contributed by atoms with E-state index in [9.17, 15) is 9.59 Å². The molecule has 0 aliphatic heterocycles. The van der Waals surface area contributed by atoms with Crippen LogP contribution in [0.3, 0.4) is 0 Å². The molecule has 4 aromatic rings. The minimum atomic E-state index is -0.652. The number of para-hydroxylation sites is 1. The maximum Gasteiger partial charge on any atom is 0.267 e. The molecule has 156 valence electrons. The van der Waals surface area contributed by atoms with E-state index < -0.39 is 11.9 Å². The van der Waals surface area contributed by atoms with Crippen LogP contribution in [0, 0.1) is 0 Å². The standard InChI is InChI=1S/C22H19ClN6O2/c1-12(27-17-10-18(24)26-11-14(17)20(25)30)21-28-16-9-5-8-15(23)19(16)22(31)29(21)13-6-3-2-4-7-13/h2-12H,1H3,(H2,25,30)(H3,24,26,27). The highest BCUT2D eigenvalue weighted by molar-refractivity contribution is 6.35. The van der Waals surface area contributed by atoms with Gasteiger partial charge >= 0.3 is 0 Å². The molecule has 0 saturated heterocycles. The van der Waals surface area contributed by atoms with Gasteiger partial charge in [0.05, 0.1) is 38.9 Å². The number of fused-ring (bicyclic) bond motifs is 1. The van der Waals surface area contributed by atoms with Crippen molar-refractivity contribution in [1.82, 2.24) is 14.5 Å². The topological polar surface area (TPSA) is 129 Å². The predicted octanol–water partition coefficient (Wildman–Crippen LogP) is 3.29. The Bertz CT molecular complexity index is 1350. The van der Waals surface area contributed by atoms with Gasteiger partial charge in [-0.15, -0.1) is 0 Å². The first-order chi connectivity index (χ1) is 14.9. The Labute approximate surface area is 182 Å². The Hall–Kier alpha value is -3.91. The molecule has 0 bridgehead atoms. The van der Waals surface area contributed by atoms with Crippen molar-refractivity contribution in [2.24, 2.45) is 5.73 Å². The summed E-state index contributed by atoms with van der Waals surface area (Å²) in [6, 6.07) is 15.3. The third kappa shape index (κ3) is 3.80. The van der Waals surface area contributed by atoms with Crippen LogP contribution in [0.5, 0.6) is 0 Å². The van der Waals surface area contributed by atoms with Crippen LogP contribution >= 0.6 is 11.6 Å². The van der Waals surface area contributed by atoms with Gasteiger partial charge in [-0.2, -0.15) is 0 Å². The summed E-state index contributed by atoms with van der Waals surface area (Å²) in [6.07, 6.45) is 1.31. The van der Waals surface area contributed by atoms with E-state index in [-0.39, 0.29) is 16.9 Å². The van der Waals surface area contributed by atoms with E-state index in [4.69, 9.17) is 28.1 Å². The zero-order valence-electron chi connectivity index (χ0n) is 16.5. The summed E-state index contributed by atoms with van der Waals surface area (Å²) in [5, 5.41) is 3.84. The molecule has 4 rings (SSSR count). The number of anilines is 2. The van der Waals surface area contributed by atoms with E-state index in [1.165, 1.54) is 16.8 Å². The van der Waals surface area contributed by atoms with Crippen LogP contribution in [0.25, 0.3) is 16.6 Å². The van der Waals surface area contributed by atoms with Crippen molar-refractivity contribution in [3.05, 3.63) is 87.6 Å². The van der Waals surface area contributed by atoms with E-state index >= 15 is 0 Å². The fourth-order valence-corrected chi connectivity index (χ4v) is 3.66. The van der Waals surface area contributed by atoms with E-state index in [1.54, 1.807) is 30.3 Å². The van der Waals surface area contributed by atoms with E-state index in [1.807, 2.05) is 25.1 Å². The number of carbonyl (C=O) groups is 1. The number of nitrogens with two attached hydrogens (primary N) is 2. The number of benzene rings is 2. The van der Waals surface area contributed by atoms with Crippen molar-refractivity contribution >= 4 is 39.9 Å². The van der Waals surface area contributed by atoms with Crippen molar-refractivity contribution in [1.29, 1.82) is 0 Å². The summed E-state index contributed by atoms with van der Waals surface area (Å²) in [6.45, 7) is 1.82. The predicted molar refractivity (Wildman–Crippen MR) is 122 cm³/mol. The number of nitrogens with one attached hydrogen (secondary N) is 1. The van der Waals surface area contributed by atoms with Crippen LogP contribution in [-0.2, 0) is 0 Å². The molecule has 9 heteroatoms. The summed E-state index contributed by atoms with van der Waals surface area (Å²) in [4.78, 5) is 33.9. The lowest BCUT2D eigenvalue weighted by Gasteiger charge is -2.21. The van der Waals surface area contributed by atoms with Gasteiger partial charge in [0.25, 0.3) is 11.5 Å². The monoisotopic (exact) mass is 434 g/mol. The van der Waals surface area contributed by atoms with E-state index in [0.717, 1.165) is 0 Å². The number of amides is 1. The summed E-state index contributed by atoms with van der Waals surface area (Å²) >= 11 is 6.32. The molecule has 2 heterocycles. The molecule has 8 nitrogen and oxygen atoms in total. The van der Waals surface area contributed by atoms with Crippen LogP contribution in [0.15, 0.2) is 65.6 Å². The Morgan fingerprint density at radius 1 is 1.16 bits per heavy atom. The summed E-state index contributed by atoms with van der Waals surface area (Å²) in [5.41, 5.74) is 12.6. The molecule has 5 N–H and O–H groups in total. The van der Waals surface area contributed by atoms with Gasteiger partial charge in [0.2, 0.25) is 0 Å². The number of nitrogens with zero attached hydrogens (tertiary/aromatic N) is 3. The van der Waals surface area contributed by atoms with Crippen molar-refractivity contribution in [3.8, 4) is 5.69 Å². The van der Waals surface area contributed by atoms with E-state index in [0.29, 0.717) is 33.1 Å². The number of primary amides is 1. The van der Waals surface area contributed by atoms with Gasteiger partial charge in [0.15, 0.2) is 0 Å². The molecule has 0 radical (unpaired) electrons. The summed E-state index contributed by atoms with van der Waals surface area (Å²) < 4.78 is 1.50. The number of carbonyl (C=O) groups excluding carboxylic acids is 1. The van der Waals surface area contributed by atoms with Gasteiger partial charge in [-0.3, -0.25) is 14.2 Å². The molecular formula is C22H19ClN6O2. The number of halogens is 1. The van der Waals surface area contributed by atoms with Crippen LogP contribution in [0.2, 0.25) is 5.02 Å². The highest BCUT2D eigenvalue weighted by Crippen LogP contribution is 2.26. The molecule has 1 atom stereocenters. The first-order valence-corrected chi connectivity index (χ1v) is 9.83. The molecule has 0 spiro atoms. The largest absolute Gasteiger partial charge is 0.384 e. The second kappa shape index (κ2) is 8.08. The van der Waals surface area contributed by atoms with Crippen LogP contribution < -0.4 is 22.3 Å². The number of aromatic nitrogens is 3. The lowest BCUT2D eigenvalue weighted by atomic mass is 10.1.